The van der Waals surface area contributed by atoms with E-state index in [-0.39, 0.29) is 0 Å². The topological polar surface area (TPSA) is 0 Å². The molecule has 9 aromatic rings. The van der Waals surface area contributed by atoms with Gasteiger partial charge in [0.25, 0.3) is 0 Å². The molecule has 0 aromatic heterocycles. The van der Waals surface area contributed by atoms with E-state index in [2.05, 4.69) is 146 Å². The van der Waals surface area contributed by atoms with E-state index >= 15 is 0 Å². The molecular formula is C40H24. The SMILES string of the molecule is c1ccc2cc(-c3ccc4ccc5cccc6ccc3c4c56)c(-c3ccc4c(ccc5ccccc54)c3)cc2c1. The third-order valence-electron chi connectivity index (χ3n) is 8.76. The van der Waals surface area contributed by atoms with E-state index in [1.165, 1.54) is 86.9 Å². The fraction of sp³-hybridized carbons (Fsp3) is 0. The van der Waals surface area contributed by atoms with Crippen LogP contribution in [-0.2, 0) is 0 Å². The molecule has 0 saturated carbocycles. The van der Waals surface area contributed by atoms with Gasteiger partial charge in [-0.25, -0.2) is 0 Å². The number of fused-ring (bicyclic) bond motifs is 4. The molecule has 0 aliphatic rings. The predicted octanol–water partition coefficient (Wildman–Crippen LogP) is 11.4. The van der Waals surface area contributed by atoms with Crippen LogP contribution in [-0.4, -0.2) is 0 Å². The van der Waals surface area contributed by atoms with Crippen LogP contribution in [0.4, 0.5) is 0 Å². The number of benzene rings is 9. The molecule has 0 amide bonds. The molecule has 0 unspecified atom stereocenters. The van der Waals surface area contributed by atoms with Crippen LogP contribution in [0.25, 0.3) is 86.9 Å². The van der Waals surface area contributed by atoms with Gasteiger partial charge >= 0.3 is 0 Å². The first-order valence-electron chi connectivity index (χ1n) is 13.9. The van der Waals surface area contributed by atoms with Gasteiger partial charge in [0.15, 0.2) is 0 Å². The highest BCUT2D eigenvalue weighted by molar-refractivity contribution is 6.26. The van der Waals surface area contributed by atoms with Crippen molar-refractivity contribution in [2.45, 2.75) is 0 Å². The molecular weight excluding hydrogens is 480 g/mol. The number of rotatable bonds is 2. The van der Waals surface area contributed by atoms with Gasteiger partial charge in [0.1, 0.15) is 0 Å². The molecule has 9 aromatic carbocycles. The smallest absolute Gasteiger partial charge is 0.00206 e. The Morgan fingerprint density at radius 1 is 0.250 bits per heavy atom. The molecule has 0 aliphatic carbocycles. The average Bonchev–Trinajstić information content (AvgIpc) is 3.02. The lowest BCUT2D eigenvalue weighted by Crippen LogP contribution is -1.91. The summed E-state index contributed by atoms with van der Waals surface area (Å²) in [5.74, 6) is 0. The maximum absolute atomic E-state index is 2.39. The Labute approximate surface area is 232 Å². The third-order valence-corrected chi connectivity index (χ3v) is 8.76. The highest BCUT2D eigenvalue weighted by Crippen LogP contribution is 2.43. The molecule has 0 nitrogen and oxygen atoms in total. The van der Waals surface area contributed by atoms with Crippen molar-refractivity contribution in [1.82, 2.24) is 0 Å². The van der Waals surface area contributed by atoms with E-state index in [4.69, 9.17) is 0 Å². The summed E-state index contributed by atoms with van der Waals surface area (Å²) in [7, 11) is 0. The third kappa shape index (κ3) is 3.08. The lowest BCUT2D eigenvalue weighted by molar-refractivity contribution is 1.65. The van der Waals surface area contributed by atoms with Crippen LogP contribution in [0.3, 0.4) is 0 Å². The molecule has 40 heavy (non-hydrogen) atoms. The Hall–Kier alpha value is -5.20. The van der Waals surface area contributed by atoms with Crippen molar-refractivity contribution < 1.29 is 0 Å². The lowest BCUT2D eigenvalue weighted by atomic mass is 9.86. The van der Waals surface area contributed by atoms with Crippen molar-refractivity contribution in [3.8, 4) is 22.3 Å². The van der Waals surface area contributed by atoms with Gasteiger partial charge in [0, 0.05) is 0 Å². The molecule has 0 radical (unpaired) electrons. The lowest BCUT2D eigenvalue weighted by Gasteiger charge is -2.18. The Balaban J connectivity index is 1.37. The molecule has 0 heteroatoms. The molecule has 184 valence electrons. The first kappa shape index (κ1) is 21.7. The minimum absolute atomic E-state index is 1.24. The van der Waals surface area contributed by atoms with Crippen molar-refractivity contribution in [2.24, 2.45) is 0 Å². The molecule has 0 saturated heterocycles. The summed E-state index contributed by atoms with van der Waals surface area (Å²) in [5.41, 5.74) is 5.07. The zero-order valence-corrected chi connectivity index (χ0v) is 21.9. The van der Waals surface area contributed by atoms with Gasteiger partial charge in [-0.2, -0.15) is 0 Å². The van der Waals surface area contributed by atoms with Crippen LogP contribution in [0.15, 0.2) is 146 Å². The van der Waals surface area contributed by atoms with E-state index in [1.807, 2.05) is 0 Å². The van der Waals surface area contributed by atoms with E-state index in [0.29, 0.717) is 0 Å². The number of hydrogen-bond donors (Lipinski definition) is 0. The highest BCUT2D eigenvalue weighted by Gasteiger charge is 2.16. The molecule has 0 aliphatic heterocycles. The molecule has 0 atom stereocenters. The Bertz CT molecular complexity index is 2410. The average molecular weight is 505 g/mol. The summed E-state index contributed by atoms with van der Waals surface area (Å²) in [6, 6.07) is 54.0. The zero-order chi connectivity index (χ0) is 26.2. The summed E-state index contributed by atoms with van der Waals surface area (Å²) in [5, 5.41) is 15.6. The summed E-state index contributed by atoms with van der Waals surface area (Å²) < 4.78 is 0. The van der Waals surface area contributed by atoms with Crippen LogP contribution >= 0.6 is 0 Å². The van der Waals surface area contributed by atoms with E-state index in [9.17, 15) is 0 Å². The van der Waals surface area contributed by atoms with Crippen molar-refractivity contribution >= 4 is 64.6 Å². The monoisotopic (exact) mass is 504 g/mol. The Morgan fingerprint density at radius 3 is 1.62 bits per heavy atom. The molecule has 0 N–H and O–H groups in total. The van der Waals surface area contributed by atoms with Gasteiger partial charge in [0.05, 0.1) is 0 Å². The van der Waals surface area contributed by atoms with Crippen LogP contribution in [0.5, 0.6) is 0 Å². The minimum Gasteiger partial charge on any atom is -0.0616 e. The largest absolute Gasteiger partial charge is 0.0616 e. The number of hydrogen-bond acceptors (Lipinski definition) is 0. The molecule has 0 spiro atoms. The first-order valence-corrected chi connectivity index (χ1v) is 13.9. The molecule has 0 fully saturated rings. The van der Waals surface area contributed by atoms with Crippen LogP contribution in [0.1, 0.15) is 0 Å². The summed E-state index contributed by atoms with van der Waals surface area (Å²) >= 11 is 0. The van der Waals surface area contributed by atoms with Crippen LogP contribution < -0.4 is 0 Å². The van der Waals surface area contributed by atoms with Gasteiger partial charge < -0.3 is 0 Å². The van der Waals surface area contributed by atoms with Gasteiger partial charge in [-0.3, -0.25) is 0 Å². The van der Waals surface area contributed by atoms with E-state index in [1.54, 1.807) is 0 Å². The maximum Gasteiger partial charge on any atom is -0.00206 e. The van der Waals surface area contributed by atoms with Gasteiger partial charge in [-0.05, 0) is 105 Å². The maximum atomic E-state index is 2.39. The summed E-state index contributed by atoms with van der Waals surface area (Å²) in [4.78, 5) is 0. The van der Waals surface area contributed by atoms with Gasteiger partial charge in [-0.1, -0.05) is 127 Å². The molecule has 9 rings (SSSR count). The zero-order valence-electron chi connectivity index (χ0n) is 21.9. The second-order valence-corrected chi connectivity index (χ2v) is 10.9. The van der Waals surface area contributed by atoms with Crippen molar-refractivity contribution in [3.63, 3.8) is 0 Å². The van der Waals surface area contributed by atoms with Crippen LogP contribution in [0.2, 0.25) is 0 Å². The first-order chi connectivity index (χ1) is 19.8. The van der Waals surface area contributed by atoms with Gasteiger partial charge in [0.2, 0.25) is 0 Å². The van der Waals surface area contributed by atoms with Crippen molar-refractivity contribution in [3.05, 3.63) is 146 Å². The van der Waals surface area contributed by atoms with Crippen molar-refractivity contribution in [2.75, 3.05) is 0 Å². The Morgan fingerprint density at radius 2 is 0.800 bits per heavy atom. The van der Waals surface area contributed by atoms with E-state index < -0.39 is 0 Å². The standard InChI is InChI=1S/C40H24/c1-2-8-30-24-38(35-20-16-28-14-13-26-9-5-10-27-17-21-36(35)40(28)39(26)27)37(23-29(30)7-1)32-18-19-34-31(22-32)15-12-25-6-3-4-11-33(25)34/h1-24H. The van der Waals surface area contributed by atoms with Gasteiger partial charge in [-0.15, -0.1) is 0 Å². The predicted molar refractivity (Wildman–Crippen MR) is 174 cm³/mol. The van der Waals surface area contributed by atoms with Crippen LogP contribution in [0, 0.1) is 0 Å². The van der Waals surface area contributed by atoms with E-state index in [0.717, 1.165) is 0 Å². The Kier molecular flexibility index (Phi) is 4.42. The second-order valence-electron chi connectivity index (χ2n) is 10.9. The normalized spacial score (nSPS) is 12.0. The fourth-order valence-corrected chi connectivity index (χ4v) is 6.85. The van der Waals surface area contributed by atoms with Crippen molar-refractivity contribution in [1.29, 1.82) is 0 Å². The summed E-state index contributed by atoms with van der Waals surface area (Å²) in [6.45, 7) is 0. The minimum atomic E-state index is 1.24. The highest BCUT2D eigenvalue weighted by atomic mass is 14.2. The quantitative estimate of drug-likeness (QED) is 0.205. The molecule has 0 bridgehead atoms. The summed E-state index contributed by atoms with van der Waals surface area (Å²) in [6.07, 6.45) is 0. The molecule has 0 heterocycles. The fourth-order valence-electron chi connectivity index (χ4n) is 6.85. The second kappa shape index (κ2) is 8.15.